The van der Waals surface area contributed by atoms with Crippen LogP contribution >= 0.6 is 0 Å². The fourth-order valence-corrected chi connectivity index (χ4v) is 2.98. The van der Waals surface area contributed by atoms with Gasteiger partial charge in [0, 0.05) is 27.7 Å². The second-order valence-corrected chi connectivity index (χ2v) is 5.61. The van der Waals surface area contributed by atoms with E-state index in [4.69, 9.17) is 4.74 Å². The van der Waals surface area contributed by atoms with Gasteiger partial charge in [-0.2, -0.15) is 0 Å². The first-order valence-electron chi connectivity index (χ1n) is 7.57. The highest BCUT2D eigenvalue weighted by atomic mass is 16.5. The Bertz CT molecular complexity index is 563. The summed E-state index contributed by atoms with van der Waals surface area (Å²) >= 11 is 0. The molecule has 8 nitrogen and oxygen atoms in total. The van der Waals surface area contributed by atoms with E-state index in [-0.39, 0.29) is 24.1 Å². The van der Waals surface area contributed by atoms with Crippen molar-refractivity contribution in [3.8, 4) is 0 Å². The van der Waals surface area contributed by atoms with Gasteiger partial charge in [-0.05, 0) is 12.8 Å². The molecule has 2 heterocycles. The molecular formula is C15H23N5O3. The number of carbonyl (C=O) groups is 2. The van der Waals surface area contributed by atoms with Gasteiger partial charge in [0.15, 0.2) is 0 Å². The lowest BCUT2D eigenvalue weighted by Gasteiger charge is -2.37. The van der Waals surface area contributed by atoms with Crippen LogP contribution < -0.4 is 10.6 Å². The first kappa shape index (κ1) is 17.1. The summed E-state index contributed by atoms with van der Waals surface area (Å²) in [6.07, 6.45) is 4.87. The lowest BCUT2D eigenvalue weighted by molar-refractivity contribution is -0.123. The molecule has 0 aliphatic carbocycles. The average Bonchev–Trinajstić information content (AvgIpc) is 2.97. The van der Waals surface area contributed by atoms with Gasteiger partial charge in [0.25, 0.3) is 5.91 Å². The molecule has 1 aliphatic heterocycles. The van der Waals surface area contributed by atoms with E-state index in [0.29, 0.717) is 19.6 Å². The van der Waals surface area contributed by atoms with Crippen molar-refractivity contribution in [1.29, 1.82) is 0 Å². The molecule has 1 aliphatic rings. The maximum absolute atomic E-state index is 12.8. The minimum Gasteiger partial charge on any atom is -0.386 e. The Hall–Kier alpha value is -2.22. The topological polar surface area (TPSA) is 96.5 Å². The molecule has 2 amide bonds. The number of anilines is 1. The summed E-state index contributed by atoms with van der Waals surface area (Å²) in [5, 5.41) is 5.53. The van der Waals surface area contributed by atoms with Crippen LogP contribution in [0.2, 0.25) is 0 Å². The SMILES string of the molecule is CNC(=O)C[C@@]1(COC)CCCN1C(=O)c1ncc(NC)cn1. The van der Waals surface area contributed by atoms with Crippen molar-refractivity contribution >= 4 is 17.5 Å². The highest BCUT2D eigenvalue weighted by molar-refractivity contribution is 5.92. The molecule has 2 rings (SSSR count). The van der Waals surface area contributed by atoms with E-state index in [9.17, 15) is 9.59 Å². The third-order valence-electron chi connectivity index (χ3n) is 4.15. The smallest absolute Gasteiger partial charge is 0.292 e. The van der Waals surface area contributed by atoms with Crippen molar-refractivity contribution in [2.75, 3.05) is 39.7 Å². The van der Waals surface area contributed by atoms with Crippen molar-refractivity contribution in [2.45, 2.75) is 24.8 Å². The first-order chi connectivity index (χ1) is 11.1. The Balaban J connectivity index is 2.26. The van der Waals surface area contributed by atoms with E-state index >= 15 is 0 Å². The van der Waals surface area contributed by atoms with E-state index in [1.807, 2.05) is 0 Å². The van der Waals surface area contributed by atoms with E-state index in [1.54, 1.807) is 38.5 Å². The second-order valence-electron chi connectivity index (χ2n) is 5.61. The number of nitrogens with one attached hydrogen (secondary N) is 2. The second kappa shape index (κ2) is 7.36. The van der Waals surface area contributed by atoms with Gasteiger partial charge in [-0.15, -0.1) is 0 Å². The molecule has 8 heteroatoms. The fraction of sp³-hybridized carbons (Fsp3) is 0.600. The Kier molecular flexibility index (Phi) is 5.49. The van der Waals surface area contributed by atoms with Crippen molar-refractivity contribution in [3.05, 3.63) is 18.2 Å². The van der Waals surface area contributed by atoms with Crippen LogP contribution in [0.5, 0.6) is 0 Å². The van der Waals surface area contributed by atoms with Gasteiger partial charge in [0.05, 0.1) is 36.6 Å². The Morgan fingerprint density at radius 3 is 2.61 bits per heavy atom. The van der Waals surface area contributed by atoms with Crippen molar-refractivity contribution < 1.29 is 14.3 Å². The third kappa shape index (κ3) is 3.58. The molecule has 0 aromatic carbocycles. The van der Waals surface area contributed by atoms with Gasteiger partial charge in [0.2, 0.25) is 11.7 Å². The molecule has 126 valence electrons. The lowest BCUT2D eigenvalue weighted by atomic mass is 9.92. The van der Waals surface area contributed by atoms with Gasteiger partial charge in [-0.25, -0.2) is 9.97 Å². The van der Waals surface area contributed by atoms with Gasteiger partial charge in [-0.3, -0.25) is 9.59 Å². The molecule has 1 aromatic heterocycles. The summed E-state index contributed by atoms with van der Waals surface area (Å²) in [6.45, 7) is 0.872. The van der Waals surface area contributed by atoms with Gasteiger partial charge in [-0.1, -0.05) is 0 Å². The van der Waals surface area contributed by atoms with Crippen LogP contribution in [-0.4, -0.2) is 66.6 Å². The summed E-state index contributed by atoms with van der Waals surface area (Å²) in [5.74, 6) is -0.261. The number of carbonyl (C=O) groups excluding carboxylic acids is 2. The van der Waals surface area contributed by atoms with Crippen LogP contribution in [0.3, 0.4) is 0 Å². The van der Waals surface area contributed by atoms with Crippen molar-refractivity contribution in [3.63, 3.8) is 0 Å². The highest BCUT2D eigenvalue weighted by Gasteiger charge is 2.46. The molecule has 0 spiro atoms. The number of hydrogen-bond acceptors (Lipinski definition) is 6. The molecule has 2 N–H and O–H groups in total. The predicted molar refractivity (Wildman–Crippen MR) is 85.1 cm³/mol. The Morgan fingerprint density at radius 1 is 1.35 bits per heavy atom. The summed E-state index contributed by atoms with van der Waals surface area (Å²) < 4.78 is 5.30. The normalized spacial score (nSPS) is 20.4. The minimum atomic E-state index is -0.642. The zero-order valence-electron chi connectivity index (χ0n) is 13.8. The number of aromatic nitrogens is 2. The zero-order chi connectivity index (χ0) is 16.9. The average molecular weight is 321 g/mol. The Morgan fingerprint density at radius 2 is 2.04 bits per heavy atom. The number of hydrogen-bond donors (Lipinski definition) is 2. The fourth-order valence-electron chi connectivity index (χ4n) is 2.98. The summed E-state index contributed by atoms with van der Waals surface area (Å²) in [4.78, 5) is 34.6. The summed E-state index contributed by atoms with van der Waals surface area (Å²) in [5.41, 5.74) is 0.0910. The molecule has 0 unspecified atom stereocenters. The molecule has 23 heavy (non-hydrogen) atoms. The van der Waals surface area contributed by atoms with Crippen LogP contribution in [0.1, 0.15) is 29.9 Å². The first-order valence-corrected chi connectivity index (χ1v) is 7.57. The number of nitrogens with zero attached hydrogens (tertiary/aromatic N) is 3. The lowest BCUT2D eigenvalue weighted by Crippen LogP contribution is -2.53. The molecule has 1 atom stereocenters. The quantitative estimate of drug-likeness (QED) is 0.781. The van der Waals surface area contributed by atoms with Crippen LogP contribution in [0.25, 0.3) is 0 Å². The van der Waals surface area contributed by atoms with Gasteiger partial charge < -0.3 is 20.3 Å². The van der Waals surface area contributed by atoms with Crippen LogP contribution in [-0.2, 0) is 9.53 Å². The van der Waals surface area contributed by atoms with E-state index in [0.717, 1.165) is 12.1 Å². The molecule has 1 fully saturated rings. The number of likely N-dealkylation sites (tertiary alicyclic amines) is 1. The molecular weight excluding hydrogens is 298 g/mol. The zero-order valence-corrected chi connectivity index (χ0v) is 13.8. The molecule has 0 radical (unpaired) electrons. The molecule has 0 saturated carbocycles. The van der Waals surface area contributed by atoms with E-state index in [1.165, 1.54) is 0 Å². The molecule has 0 bridgehead atoms. The van der Waals surface area contributed by atoms with Crippen LogP contribution in [0.4, 0.5) is 5.69 Å². The largest absolute Gasteiger partial charge is 0.386 e. The number of methoxy groups -OCH3 is 1. The summed E-state index contributed by atoms with van der Waals surface area (Å²) in [6, 6.07) is 0. The van der Waals surface area contributed by atoms with Crippen molar-refractivity contribution in [2.24, 2.45) is 0 Å². The van der Waals surface area contributed by atoms with E-state index < -0.39 is 5.54 Å². The molecule has 1 aromatic rings. The minimum absolute atomic E-state index is 0.117. The Labute approximate surface area is 135 Å². The van der Waals surface area contributed by atoms with E-state index in [2.05, 4.69) is 20.6 Å². The van der Waals surface area contributed by atoms with Gasteiger partial charge in [0.1, 0.15) is 0 Å². The van der Waals surface area contributed by atoms with Crippen LogP contribution in [0, 0.1) is 0 Å². The molecule has 1 saturated heterocycles. The maximum atomic E-state index is 12.8. The highest BCUT2D eigenvalue weighted by Crippen LogP contribution is 2.34. The number of ether oxygens (including phenoxy) is 1. The standard InChI is InChI=1S/C15H23N5O3/c1-16-11-8-18-13(19-9-11)14(22)20-6-4-5-15(20,10-23-3)7-12(21)17-2/h8-9,16H,4-7,10H2,1-3H3,(H,17,21)/t15-/m1/s1. The predicted octanol–water partition coefficient (Wildman–Crippen LogP) is 0.276. The number of rotatable bonds is 6. The van der Waals surface area contributed by atoms with Crippen LogP contribution in [0.15, 0.2) is 12.4 Å². The van der Waals surface area contributed by atoms with Gasteiger partial charge >= 0.3 is 0 Å². The third-order valence-corrected chi connectivity index (χ3v) is 4.15. The maximum Gasteiger partial charge on any atom is 0.292 e. The van der Waals surface area contributed by atoms with Crippen molar-refractivity contribution in [1.82, 2.24) is 20.2 Å². The number of amides is 2. The monoisotopic (exact) mass is 321 g/mol. The summed E-state index contributed by atoms with van der Waals surface area (Å²) in [7, 11) is 4.92.